The predicted octanol–water partition coefficient (Wildman–Crippen LogP) is 2.58. The van der Waals surface area contributed by atoms with Crippen LogP contribution in [0.5, 0.6) is 5.75 Å². The van der Waals surface area contributed by atoms with Crippen LogP contribution in [0.2, 0.25) is 5.02 Å². The molecule has 104 valence electrons. The fraction of sp³-hybridized carbons (Fsp3) is 0.0769. The first-order valence-corrected chi connectivity index (χ1v) is 7.48. The van der Waals surface area contributed by atoms with Crippen molar-refractivity contribution in [2.24, 2.45) is 0 Å². The molecule has 2 aromatic heterocycles. The first kappa shape index (κ1) is 14.5. The summed E-state index contributed by atoms with van der Waals surface area (Å²) in [5.74, 6) is 0.427. The maximum Gasteiger partial charge on any atom is 0.217 e. The van der Waals surface area contributed by atoms with Gasteiger partial charge in [0.15, 0.2) is 5.03 Å². The molecule has 0 N–H and O–H groups in total. The summed E-state index contributed by atoms with van der Waals surface area (Å²) in [5, 5.41) is 1.45. The normalized spacial score (nSPS) is 11.7. The van der Waals surface area contributed by atoms with Crippen LogP contribution in [0.1, 0.15) is 5.69 Å². The second-order valence-corrected chi connectivity index (χ2v) is 6.00. The maximum atomic E-state index is 12.1. The smallest absolute Gasteiger partial charge is 0.217 e. The summed E-state index contributed by atoms with van der Waals surface area (Å²) in [6.45, 7) is 0. The predicted molar refractivity (Wildman–Crippen MR) is 76.3 cm³/mol. The molecule has 0 amide bonds. The van der Waals surface area contributed by atoms with Crippen LogP contribution in [0.4, 0.5) is 0 Å². The number of hydrogen-bond acceptors (Lipinski definition) is 5. The SMILES string of the molecule is COc1ccnc(S(=O)(=O)/C=C/c2ccc(Cl)cn2)c1. The van der Waals surface area contributed by atoms with Crippen molar-refractivity contribution in [2.75, 3.05) is 7.11 Å². The van der Waals surface area contributed by atoms with E-state index in [2.05, 4.69) is 9.97 Å². The number of pyridine rings is 2. The number of hydrogen-bond donors (Lipinski definition) is 0. The molecule has 0 bridgehead atoms. The zero-order chi connectivity index (χ0) is 14.6. The molecule has 2 rings (SSSR count). The van der Waals surface area contributed by atoms with E-state index in [4.69, 9.17) is 16.3 Å². The second-order valence-electron chi connectivity index (χ2n) is 3.78. The van der Waals surface area contributed by atoms with Crippen LogP contribution in [-0.2, 0) is 9.84 Å². The third kappa shape index (κ3) is 3.55. The van der Waals surface area contributed by atoms with Crippen LogP contribution in [0.15, 0.2) is 47.1 Å². The Morgan fingerprint density at radius 1 is 1.25 bits per heavy atom. The fourth-order valence-corrected chi connectivity index (χ4v) is 2.45. The van der Waals surface area contributed by atoms with Gasteiger partial charge in [0.25, 0.3) is 0 Å². The molecule has 0 aromatic carbocycles. The zero-order valence-electron chi connectivity index (χ0n) is 10.5. The van der Waals surface area contributed by atoms with E-state index in [0.29, 0.717) is 16.5 Å². The van der Waals surface area contributed by atoms with Gasteiger partial charge >= 0.3 is 0 Å². The first-order valence-electron chi connectivity index (χ1n) is 5.56. The van der Waals surface area contributed by atoms with Gasteiger partial charge in [0.1, 0.15) is 5.75 Å². The Hall–Kier alpha value is -1.92. The van der Waals surface area contributed by atoms with Crippen LogP contribution in [0.25, 0.3) is 6.08 Å². The minimum absolute atomic E-state index is 0.0814. The molecule has 0 saturated heterocycles. The van der Waals surface area contributed by atoms with Gasteiger partial charge < -0.3 is 4.74 Å². The van der Waals surface area contributed by atoms with Gasteiger partial charge in [-0.15, -0.1) is 0 Å². The van der Waals surface area contributed by atoms with Crippen molar-refractivity contribution >= 4 is 27.5 Å². The van der Waals surface area contributed by atoms with Gasteiger partial charge in [0, 0.05) is 23.9 Å². The third-order valence-electron chi connectivity index (χ3n) is 2.40. The van der Waals surface area contributed by atoms with E-state index >= 15 is 0 Å². The van der Waals surface area contributed by atoms with Crippen LogP contribution in [-0.4, -0.2) is 25.5 Å². The molecule has 7 heteroatoms. The molecule has 0 aliphatic rings. The molecule has 0 aliphatic heterocycles. The van der Waals surface area contributed by atoms with Crippen molar-refractivity contribution in [3.05, 3.63) is 52.8 Å². The minimum Gasteiger partial charge on any atom is -0.497 e. The summed E-state index contributed by atoms with van der Waals surface area (Å²) in [6.07, 6.45) is 4.20. The Kier molecular flexibility index (Phi) is 4.36. The molecular weight excluding hydrogens is 300 g/mol. The number of nitrogens with zero attached hydrogens (tertiary/aromatic N) is 2. The minimum atomic E-state index is -3.65. The number of halogens is 1. The molecule has 5 nitrogen and oxygen atoms in total. The van der Waals surface area contributed by atoms with Crippen LogP contribution in [0.3, 0.4) is 0 Å². The molecule has 0 radical (unpaired) electrons. The van der Waals surface area contributed by atoms with Crippen molar-refractivity contribution < 1.29 is 13.2 Å². The number of rotatable bonds is 4. The Labute approximate surface area is 121 Å². The first-order chi connectivity index (χ1) is 9.51. The van der Waals surface area contributed by atoms with Gasteiger partial charge in [-0.05, 0) is 24.3 Å². The van der Waals surface area contributed by atoms with E-state index in [1.54, 1.807) is 18.2 Å². The molecule has 2 heterocycles. The molecule has 0 unspecified atom stereocenters. The maximum absolute atomic E-state index is 12.1. The van der Waals surface area contributed by atoms with Crippen molar-refractivity contribution in [1.29, 1.82) is 0 Å². The Morgan fingerprint density at radius 2 is 2.05 bits per heavy atom. The lowest BCUT2D eigenvalue weighted by molar-refractivity contribution is 0.412. The number of aromatic nitrogens is 2. The summed E-state index contributed by atoms with van der Waals surface area (Å²) >= 11 is 5.70. The van der Waals surface area contributed by atoms with E-state index in [-0.39, 0.29) is 5.03 Å². The van der Waals surface area contributed by atoms with Gasteiger partial charge in [-0.1, -0.05) is 11.6 Å². The highest BCUT2D eigenvalue weighted by Gasteiger charge is 2.13. The highest BCUT2D eigenvalue weighted by atomic mass is 35.5. The van der Waals surface area contributed by atoms with Gasteiger partial charge in [0.05, 0.1) is 17.8 Å². The molecule has 0 spiro atoms. The third-order valence-corrected chi connectivity index (χ3v) is 3.93. The quantitative estimate of drug-likeness (QED) is 0.868. The number of sulfone groups is 1. The number of ether oxygens (including phenoxy) is 1. The largest absolute Gasteiger partial charge is 0.497 e. The van der Waals surface area contributed by atoms with Crippen molar-refractivity contribution in [1.82, 2.24) is 9.97 Å². The summed E-state index contributed by atoms with van der Waals surface area (Å²) in [7, 11) is -2.19. The van der Waals surface area contributed by atoms with Crippen molar-refractivity contribution in [3.63, 3.8) is 0 Å². The molecule has 20 heavy (non-hydrogen) atoms. The summed E-state index contributed by atoms with van der Waals surface area (Å²) < 4.78 is 29.1. The molecule has 2 aromatic rings. The summed E-state index contributed by atoms with van der Waals surface area (Å²) in [6, 6.07) is 6.18. The Morgan fingerprint density at radius 3 is 2.70 bits per heavy atom. The molecule has 0 fully saturated rings. The molecule has 0 saturated carbocycles. The zero-order valence-corrected chi connectivity index (χ0v) is 12.1. The van der Waals surface area contributed by atoms with Crippen LogP contribution < -0.4 is 4.74 Å². The van der Waals surface area contributed by atoms with E-state index in [0.717, 1.165) is 5.41 Å². The lowest BCUT2D eigenvalue weighted by atomic mass is 10.3. The molecule has 0 atom stereocenters. The molecular formula is C13H11ClN2O3S. The van der Waals surface area contributed by atoms with E-state index in [9.17, 15) is 8.42 Å². The van der Waals surface area contributed by atoms with Crippen molar-refractivity contribution in [3.8, 4) is 5.75 Å². The second kappa shape index (κ2) is 6.02. The highest BCUT2D eigenvalue weighted by Crippen LogP contribution is 2.17. The fourth-order valence-electron chi connectivity index (χ4n) is 1.39. The highest BCUT2D eigenvalue weighted by molar-refractivity contribution is 7.94. The standard InChI is InChI=1S/C13H11ClN2O3S/c1-19-12-4-6-15-13(8-12)20(17,18)7-5-11-3-2-10(14)9-16-11/h2-9H,1H3/b7-5+. The average Bonchev–Trinajstić information content (AvgIpc) is 2.47. The monoisotopic (exact) mass is 310 g/mol. The topological polar surface area (TPSA) is 69.2 Å². The van der Waals surface area contributed by atoms with Crippen LogP contribution >= 0.6 is 11.6 Å². The van der Waals surface area contributed by atoms with Gasteiger partial charge in [0.2, 0.25) is 9.84 Å². The van der Waals surface area contributed by atoms with Gasteiger partial charge in [-0.2, -0.15) is 0 Å². The van der Waals surface area contributed by atoms with E-state index in [1.165, 1.54) is 31.6 Å². The molecule has 0 aliphatic carbocycles. The van der Waals surface area contributed by atoms with Gasteiger partial charge in [-0.25, -0.2) is 13.4 Å². The van der Waals surface area contributed by atoms with Crippen molar-refractivity contribution in [2.45, 2.75) is 5.03 Å². The Bertz CT molecular complexity index is 728. The lowest BCUT2D eigenvalue weighted by Crippen LogP contribution is -2.00. The van der Waals surface area contributed by atoms with Gasteiger partial charge in [-0.3, -0.25) is 4.98 Å². The van der Waals surface area contributed by atoms with E-state index < -0.39 is 9.84 Å². The summed E-state index contributed by atoms with van der Waals surface area (Å²) in [5.41, 5.74) is 0.487. The average molecular weight is 311 g/mol. The lowest BCUT2D eigenvalue weighted by Gasteiger charge is -2.01. The summed E-state index contributed by atoms with van der Waals surface area (Å²) in [4.78, 5) is 7.81. The Balaban J connectivity index is 2.28. The number of methoxy groups -OCH3 is 1. The van der Waals surface area contributed by atoms with E-state index in [1.807, 2.05) is 0 Å². The van der Waals surface area contributed by atoms with Crippen LogP contribution in [0, 0.1) is 0 Å².